The summed E-state index contributed by atoms with van der Waals surface area (Å²) in [5.74, 6) is -0.00711. The summed E-state index contributed by atoms with van der Waals surface area (Å²) in [6.45, 7) is 0. The molecule has 6 heteroatoms. The van der Waals surface area contributed by atoms with Crippen molar-refractivity contribution in [1.82, 2.24) is 10.2 Å². The lowest BCUT2D eigenvalue weighted by Gasteiger charge is -2.00. The molecule has 0 unspecified atom stereocenters. The normalized spacial score (nSPS) is 10.5. The zero-order valence-electron chi connectivity index (χ0n) is 11.9. The van der Waals surface area contributed by atoms with Crippen LogP contribution in [0.2, 0.25) is 0 Å². The lowest BCUT2D eigenvalue weighted by molar-refractivity contribution is -0.116. The molecule has 0 aliphatic rings. The van der Waals surface area contributed by atoms with Gasteiger partial charge in [0, 0.05) is 16.9 Å². The van der Waals surface area contributed by atoms with Gasteiger partial charge in [-0.25, -0.2) is 0 Å². The van der Waals surface area contributed by atoms with Crippen LogP contribution in [0.3, 0.4) is 0 Å². The number of aromatic nitrogens is 2. The van der Waals surface area contributed by atoms with Gasteiger partial charge in [0.25, 0.3) is 0 Å². The fourth-order valence-electron chi connectivity index (χ4n) is 2.03. The summed E-state index contributed by atoms with van der Waals surface area (Å²) in [6, 6.07) is 14.0. The molecule has 22 heavy (non-hydrogen) atoms. The van der Waals surface area contributed by atoms with Gasteiger partial charge in [-0.2, -0.15) is 0 Å². The molecule has 0 saturated heterocycles. The minimum Gasteiger partial charge on any atom is -0.301 e. The molecule has 1 aromatic carbocycles. The number of amides is 1. The van der Waals surface area contributed by atoms with Crippen molar-refractivity contribution in [2.75, 3.05) is 5.32 Å². The Hall–Kier alpha value is -2.05. The zero-order valence-corrected chi connectivity index (χ0v) is 13.5. The summed E-state index contributed by atoms with van der Waals surface area (Å²) >= 11 is 3.12. The second kappa shape index (κ2) is 7.29. The maximum atomic E-state index is 11.9. The predicted octanol–water partition coefficient (Wildman–Crippen LogP) is 4.23. The molecule has 3 aromatic rings. The minimum atomic E-state index is -0.00711. The highest BCUT2D eigenvalue weighted by molar-refractivity contribution is 7.18. The molecule has 2 heterocycles. The molecule has 0 atom stereocenters. The Morgan fingerprint density at radius 1 is 1.09 bits per heavy atom. The van der Waals surface area contributed by atoms with E-state index in [1.807, 2.05) is 36.4 Å². The Morgan fingerprint density at radius 3 is 2.73 bits per heavy atom. The molecule has 112 valence electrons. The molecule has 1 N–H and O–H groups in total. The van der Waals surface area contributed by atoms with Crippen LogP contribution in [0.15, 0.2) is 47.8 Å². The fraction of sp³-hybridized carbons (Fsp3) is 0.188. The highest BCUT2D eigenvalue weighted by Gasteiger charge is 2.09. The van der Waals surface area contributed by atoms with Gasteiger partial charge >= 0.3 is 0 Å². The first kappa shape index (κ1) is 14.9. The Bertz CT molecular complexity index is 723. The molecule has 0 spiro atoms. The molecule has 0 aliphatic heterocycles. The summed E-state index contributed by atoms with van der Waals surface area (Å²) in [4.78, 5) is 13.2. The van der Waals surface area contributed by atoms with E-state index in [-0.39, 0.29) is 5.91 Å². The maximum absolute atomic E-state index is 11.9. The smallest absolute Gasteiger partial charge is 0.226 e. The lowest BCUT2D eigenvalue weighted by Crippen LogP contribution is -2.11. The predicted molar refractivity (Wildman–Crippen MR) is 91.2 cm³/mol. The summed E-state index contributed by atoms with van der Waals surface area (Å²) < 4.78 is 0. The van der Waals surface area contributed by atoms with E-state index in [1.165, 1.54) is 16.2 Å². The number of nitrogens with zero attached hydrogens (tertiary/aromatic N) is 2. The zero-order chi connectivity index (χ0) is 15.2. The molecular weight excluding hydrogens is 314 g/mol. The fourth-order valence-corrected chi connectivity index (χ4v) is 3.55. The number of rotatable bonds is 6. The van der Waals surface area contributed by atoms with Crippen molar-refractivity contribution in [3.8, 4) is 10.6 Å². The van der Waals surface area contributed by atoms with Gasteiger partial charge in [-0.05, 0) is 24.3 Å². The van der Waals surface area contributed by atoms with Crippen molar-refractivity contribution in [2.45, 2.75) is 19.3 Å². The maximum Gasteiger partial charge on any atom is 0.226 e. The van der Waals surface area contributed by atoms with E-state index in [0.717, 1.165) is 23.4 Å². The van der Waals surface area contributed by atoms with Crippen molar-refractivity contribution in [1.29, 1.82) is 0 Å². The monoisotopic (exact) mass is 329 g/mol. The second-order valence-corrected chi connectivity index (χ2v) is 6.77. The number of thiophene rings is 1. The first-order chi connectivity index (χ1) is 10.8. The van der Waals surface area contributed by atoms with Gasteiger partial charge in [0.15, 0.2) is 0 Å². The molecule has 0 saturated carbocycles. The molecule has 1 amide bonds. The summed E-state index contributed by atoms with van der Waals surface area (Å²) in [7, 11) is 0. The van der Waals surface area contributed by atoms with Crippen LogP contribution in [0.4, 0.5) is 5.13 Å². The first-order valence-electron chi connectivity index (χ1n) is 7.02. The largest absolute Gasteiger partial charge is 0.301 e. The van der Waals surface area contributed by atoms with Crippen LogP contribution < -0.4 is 5.32 Å². The van der Waals surface area contributed by atoms with Gasteiger partial charge in [-0.1, -0.05) is 47.7 Å². The van der Waals surface area contributed by atoms with E-state index >= 15 is 0 Å². The number of benzene rings is 1. The van der Waals surface area contributed by atoms with E-state index in [2.05, 4.69) is 27.0 Å². The summed E-state index contributed by atoms with van der Waals surface area (Å²) in [5.41, 5.74) is 1.01. The Morgan fingerprint density at radius 2 is 1.95 bits per heavy atom. The minimum absolute atomic E-state index is 0.00711. The number of nitrogens with one attached hydrogen (secondary N) is 1. The molecule has 0 bridgehead atoms. The standard InChI is InChI=1S/C16H15N3OS2/c20-14(10-4-8-13-9-5-11-21-13)17-16-19-18-15(22-16)12-6-2-1-3-7-12/h1-3,5-7,9,11H,4,8,10H2,(H,17,19,20). The number of carbonyl (C=O) groups excluding carboxylic acids is 1. The molecule has 0 radical (unpaired) electrons. The van der Waals surface area contributed by atoms with Crippen LogP contribution in [-0.4, -0.2) is 16.1 Å². The molecule has 2 aromatic heterocycles. The van der Waals surface area contributed by atoms with E-state index < -0.39 is 0 Å². The molecule has 0 aliphatic carbocycles. The second-order valence-electron chi connectivity index (χ2n) is 4.76. The van der Waals surface area contributed by atoms with Gasteiger partial charge in [-0.3, -0.25) is 4.79 Å². The third-order valence-electron chi connectivity index (χ3n) is 3.10. The van der Waals surface area contributed by atoms with Gasteiger partial charge in [0.2, 0.25) is 11.0 Å². The van der Waals surface area contributed by atoms with Crippen LogP contribution in [-0.2, 0) is 11.2 Å². The third kappa shape index (κ3) is 3.99. The number of carbonyl (C=O) groups is 1. The Balaban J connectivity index is 1.50. The van der Waals surface area contributed by atoms with Gasteiger partial charge < -0.3 is 5.32 Å². The average Bonchev–Trinajstić information content (AvgIpc) is 3.20. The van der Waals surface area contributed by atoms with Crippen molar-refractivity contribution >= 4 is 33.7 Å². The highest BCUT2D eigenvalue weighted by atomic mass is 32.1. The number of aryl methyl sites for hydroxylation is 1. The first-order valence-corrected chi connectivity index (χ1v) is 8.72. The average molecular weight is 329 g/mol. The van der Waals surface area contributed by atoms with Crippen molar-refractivity contribution in [3.63, 3.8) is 0 Å². The quantitative estimate of drug-likeness (QED) is 0.736. The van der Waals surface area contributed by atoms with Crippen molar-refractivity contribution in [3.05, 3.63) is 52.7 Å². The summed E-state index contributed by atoms with van der Waals surface area (Å²) in [6.07, 6.45) is 2.28. The molecule has 0 fully saturated rings. The number of anilines is 1. The van der Waals surface area contributed by atoms with Crippen LogP contribution in [0.5, 0.6) is 0 Å². The van der Waals surface area contributed by atoms with E-state index in [4.69, 9.17) is 0 Å². The van der Waals surface area contributed by atoms with E-state index in [9.17, 15) is 4.79 Å². The van der Waals surface area contributed by atoms with Crippen LogP contribution >= 0.6 is 22.7 Å². The van der Waals surface area contributed by atoms with Crippen LogP contribution in [0, 0.1) is 0 Å². The van der Waals surface area contributed by atoms with Crippen LogP contribution in [0.25, 0.3) is 10.6 Å². The molecule has 4 nitrogen and oxygen atoms in total. The SMILES string of the molecule is O=C(CCCc1cccs1)Nc1nnc(-c2ccccc2)s1. The highest BCUT2D eigenvalue weighted by Crippen LogP contribution is 2.26. The lowest BCUT2D eigenvalue weighted by atomic mass is 10.2. The number of hydrogen-bond acceptors (Lipinski definition) is 5. The van der Waals surface area contributed by atoms with Crippen molar-refractivity contribution in [2.24, 2.45) is 0 Å². The van der Waals surface area contributed by atoms with E-state index in [1.54, 1.807) is 11.3 Å². The van der Waals surface area contributed by atoms with Gasteiger partial charge in [-0.15, -0.1) is 21.5 Å². The topological polar surface area (TPSA) is 54.9 Å². The van der Waals surface area contributed by atoms with E-state index in [0.29, 0.717) is 11.6 Å². The van der Waals surface area contributed by atoms with Gasteiger partial charge in [0.1, 0.15) is 5.01 Å². The third-order valence-corrected chi connectivity index (χ3v) is 4.92. The number of hydrogen-bond donors (Lipinski definition) is 1. The Labute approximate surface area is 136 Å². The van der Waals surface area contributed by atoms with Crippen molar-refractivity contribution < 1.29 is 4.79 Å². The van der Waals surface area contributed by atoms with Crippen LogP contribution in [0.1, 0.15) is 17.7 Å². The van der Waals surface area contributed by atoms with Gasteiger partial charge in [0.05, 0.1) is 0 Å². The molecule has 3 rings (SSSR count). The molecular formula is C16H15N3OS2. The summed E-state index contributed by atoms with van der Waals surface area (Å²) in [5, 5.41) is 14.4. The Kier molecular flexibility index (Phi) is 4.92.